The van der Waals surface area contributed by atoms with Gasteiger partial charge in [-0.05, 0) is 38.5 Å². The summed E-state index contributed by atoms with van der Waals surface area (Å²) in [5, 5.41) is 6.55. The predicted molar refractivity (Wildman–Crippen MR) is 86.9 cm³/mol. The first kappa shape index (κ1) is 17.3. The number of nitrogens with zero attached hydrogens (tertiary/aromatic N) is 1. The number of hydrogen-bond donors (Lipinski definition) is 2. The minimum atomic E-state index is 0.211. The van der Waals surface area contributed by atoms with Gasteiger partial charge in [0.05, 0.1) is 19.8 Å². The quantitative estimate of drug-likeness (QED) is 0.570. The average Bonchev–Trinajstić information content (AvgIpc) is 2.46. The minimum absolute atomic E-state index is 0.211. The maximum Gasteiger partial charge on any atom is 0.191 e. The fourth-order valence-electron chi connectivity index (χ4n) is 1.92. The monoisotopic (exact) mass is 293 g/mol. The Bertz CT molecular complexity index is 435. The Morgan fingerprint density at radius 1 is 1.33 bits per heavy atom. The number of hydrogen-bond acceptors (Lipinski definition) is 3. The molecule has 0 aliphatic heterocycles. The summed E-state index contributed by atoms with van der Waals surface area (Å²) in [6.07, 6.45) is 0. The fraction of sp³-hybridized carbons (Fsp3) is 0.562. The number of aliphatic imine (C=N–C) groups is 1. The van der Waals surface area contributed by atoms with Gasteiger partial charge < -0.3 is 20.1 Å². The standard InChI is InChI=1S/C16H27N3O2/c1-5-17-16(19-13(3)12-20-4)18-11-14-8-7-9-15(10-14)21-6-2/h7-10,13H,5-6,11-12H2,1-4H3,(H2,17,18,19). The molecule has 1 aromatic carbocycles. The van der Waals surface area contributed by atoms with E-state index in [1.165, 1.54) is 0 Å². The molecule has 0 spiro atoms. The van der Waals surface area contributed by atoms with Crippen molar-refractivity contribution in [3.05, 3.63) is 29.8 Å². The summed E-state index contributed by atoms with van der Waals surface area (Å²) in [5.74, 6) is 1.68. The number of ether oxygens (including phenoxy) is 2. The zero-order valence-corrected chi connectivity index (χ0v) is 13.5. The van der Waals surface area contributed by atoms with Gasteiger partial charge in [0.15, 0.2) is 5.96 Å². The Balaban J connectivity index is 2.66. The highest BCUT2D eigenvalue weighted by Crippen LogP contribution is 2.13. The molecule has 5 heteroatoms. The highest BCUT2D eigenvalue weighted by molar-refractivity contribution is 5.80. The summed E-state index contributed by atoms with van der Waals surface area (Å²) < 4.78 is 10.6. The van der Waals surface area contributed by atoms with Crippen LogP contribution >= 0.6 is 0 Å². The number of rotatable bonds is 8. The smallest absolute Gasteiger partial charge is 0.191 e. The molecule has 0 bridgehead atoms. The van der Waals surface area contributed by atoms with Gasteiger partial charge in [-0.25, -0.2) is 4.99 Å². The van der Waals surface area contributed by atoms with Crippen LogP contribution in [0.3, 0.4) is 0 Å². The SMILES string of the molecule is CCNC(=NCc1cccc(OCC)c1)NC(C)COC. The highest BCUT2D eigenvalue weighted by Gasteiger charge is 2.04. The Morgan fingerprint density at radius 2 is 2.14 bits per heavy atom. The van der Waals surface area contributed by atoms with Crippen LogP contribution in [0.25, 0.3) is 0 Å². The van der Waals surface area contributed by atoms with E-state index in [0.29, 0.717) is 19.8 Å². The molecule has 0 radical (unpaired) electrons. The second kappa shape index (κ2) is 10.0. The van der Waals surface area contributed by atoms with Crippen LogP contribution in [0.2, 0.25) is 0 Å². The van der Waals surface area contributed by atoms with Crippen molar-refractivity contribution in [1.82, 2.24) is 10.6 Å². The molecule has 1 rings (SSSR count). The van der Waals surface area contributed by atoms with E-state index >= 15 is 0 Å². The van der Waals surface area contributed by atoms with E-state index in [-0.39, 0.29) is 6.04 Å². The lowest BCUT2D eigenvalue weighted by Gasteiger charge is -2.17. The van der Waals surface area contributed by atoms with Crippen molar-refractivity contribution in [1.29, 1.82) is 0 Å². The lowest BCUT2D eigenvalue weighted by atomic mass is 10.2. The molecule has 21 heavy (non-hydrogen) atoms. The maximum absolute atomic E-state index is 5.50. The molecule has 0 aromatic heterocycles. The summed E-state index contributed by atoms with van der Waals surface area (Å²) in [7, 11) is 1.70. The van der Waals surface area contributed by atoms with E-state index in [9.17, 15) is 0 Å². The van der Waals surface area contributed by atoms with Gasteiger partial charge in [-0.3, -0.25) is 0 Å². The maximum atomic E-state index is 5.50. The lowest BCUT2D eigenvalue weighted by molar-refractivity contribution is 0.179. The van der Waals surface area contributed by atoms with Crippen LogP contribution in [0.4, 0.5) is 0 Å². The topological polar surface area (TPSA) is 54.9 Å². The van der Waals surface area contributed by atoms with Crippen molar-refractivity contribution in [3.8, 4) is 5.75 Å². The molecule has 0 fully saturated rings. The normalized spacial score (nSPS) is 12.9. The summed E-state index contributed by atoms with van der Waals surface area (Å²) in [6.45, 7) is 8.84. The van der Waals surface area contributed by atoms with Crippen molar-refractivity contribution in [2.24, 2.45) is 4.99 Å². The van der Waals surface area contributed by atoms with Gasteiger partial charge in [-0.2, -0.15) is 0 Å². The first-order chi connectivity index (χ1) is 10.2. The predicted octanol–water partition coefficient (Wildman–Crippen LogP) is 2.18. The van der Waals surface area contributed by atoms with Crippen LogP contribution in [0, 0.1) is 0 Å². The first-order valence-electron chi connectivity index (χ1n) is 7.45. The Morgan fingerprint density at radius 3 is 2.81 bits per heavy atom. The summed E-state index contributed by atoms with van der Waals surface area (Å²) >= 11 is 0. The highest BCUT2D eigenvalue weighted by atomic mass is 16.5. The Labute approximate surface area is 127 Å². The molecule has 118 valence electrons. The molecule has 0 heterocycles. The molecule has 1 atom stereocenters. The molecule has 0 aliphatic carbocycles. The van der Waals surface area contributed by atoms with Gasteiger partial charge >= 0.3 is 0 Å². The number of benzene rings is 1. The van der Waals surface area contributed by atoms with Gasteiger partial charge in [-0.1, -0.05) is 12.1 Å². The third-order valence-electron chi connectivity index (χ3n) is 2.77. The van der Waals surface area contributed by atoms with Crippen molar-refractivity contribution >= 4 is 5.96 Å². The van der Waals surface area contributed by atoms with Gasteiger partial charge in [0.25, 0.3) is 0 Å². The Hall–Kier alpha value is -1.75. The van der Waals surface area contributed by atoms with Crippen LogP contribution < -0.4 is 15.4 Å². The van der Waals surface area contributed by atoms with Crippen molar-refractivity contribution in [2.75, 3.05) is 26.9 Å². The molecule has 0 saturated heterocycles. The molecule has 1 aromatic rings. The molecule has 0 aliphatic rings. The molecular formula is C16H27N3O2. The number of guanidine groups is 1. The average molecular weight is 293 g/mol. The second-order valence-electron chi connectivity index (χ2n) is 4.78. The Kier molecular flexibility index (Phi) is 8.28. The third kappa shape index (κ3) is 6.99. The van der Waals surface area contributed by atoms with E-state index in [1.54, 1.807) is 7.11 Å². The van der Waals surface area contributed by atoms with Crippen molar-refractivity contribution < 1.29 is 9.47 Å². The number of nitrogens with one attached hydrogen (secondary N) is 2. The third-order valence-corrected chi connectivity index (χ3v) is 2.77. The van der Waals surface area contributed by atoms with E-state index in [2.05, 4.69) is 22.5 Å². The van der Waals surface area contributed by atoms with Gasteiger partial charge in [0.1, 0.15) is 5.75 Å². The molecule has 0 amide bonds. The van der Waals surface area contributed by atoms with Gasteiger partial charge in [-0.15, -0.1) is 0 Å². The second-order valence-corrected chi connectivity index (χ2v) is 4.78. The van der Waals surface area contributed by atoms with Crippen LogP contribution in [-0.2, 0) is 11.3 Å². The molecule has 5 nitrogen and oxygen atoms in total. The van der Waals surface area contributed by atoms with E-state index < -0.39 is 0 Å². The van der Waals surface area contributed by atoms with Crippen LogP contribution in [0.15, 0.2) is 29.3 Å². The molecule has 1 unspecified atom stereocenters. The zero-order chi connectivity index (χ0) is 15.5. The minimum Gasteiger partial charge on any atom is -0.494 e. The lowest BCUT2D eigenvalue weighted by Crippen LogP contribution is -2.43. The largest absolute Gasteiger partial charge is 0.494 e. The van der Waals surface area contributed by atoms with E-state index in [4.69, 9.17) is 9.47 Å². The number of methoxy groups -OCH3 is 1. The molecule has 0 saturated carbocycles. The van der Waals surface area contributed by atoms with Crippen LogP contribution in [0.1, 0.15) is 26.3 Å². The van der Waals surface area contributed by atoms with Crippen molar-refractivity contribution in [2.45, 2.75) is 33.4 Å². The summed E-state index contributed by atoms with van der Waals surface area (Å²) in [4.78, 5) is 4.59. The van der Waals surface area contributed by atoms with Gasteiger partial charge in [0, 0.05) is 19.7 Å². The molecule has 2 N–H and O–H groups in total. The van der Waals surface area contributed by atoms with E-state index in [1.807, 2.05) is 38.1 Å². The molecular weight excluding hydrogens is 266 g/mol. The van der Waals surface area contributed by atoms with Gasteiger partial charge in [0.2, 0.25) is 0 Å². The fourth-order valence-corrected chi connectivity index (χ4v) is 1.92. The van der Waals surface area contributed by atoms with Crippen molar-refractivity contribution in [3.63, 3.8) is 0 Å². The zero-order valence-electron chi connectivity index (χ0n) is 13.5. The van der Waals surface area contributed by atoms with E-state index in [0.717, 1.165) is 23.8 Å². The summed E-state index contributed by atoms with van der Waals surface area (Å²) in [5.41, 5.74) is 1.12. The summed E-state index contributed by atoms with van der Waals surface area (Å²) in [6, 6.07) is 8.23. The first-order valence-corrected chi connectivity index (χ1v) is 7.45. The van der Waals surface area contributed by atoms with Crippen LogP contribution in [0.5, 0.6) is 5.75 Å². The van der Waals surface area contributed by atoms with Crippen LogP contribution in [-0.4, -0.2) is 38.9 Å².